The summed E-state index contributed by atoms with van der Waals surface area (Å²) in [6, 6.07) is 0. The molecular weight excluding hydrogens is 190 g/mol. The standard InChI is InChI=1S/C10H21N5/c1-8-9(11)10(15(4)13-8)12-6-5-7-14(2)3/h12H,5-7,11H2,1-4H3. The van der Waals surface area contributed by atoms with Gasteiger partial charge in [-0.15, -0.1) is 0 Å². The van der Waals surface area contributed by atoms with E-state index in [0.29, 0.717) is 0 Å². The third-order valence-corrected chi connectivity index (χ3v) is 2.34. The van der Waals surface area contributed by atoms with Gasteiger partial charge in [-0.3, -0.25) is 4.68 Å². The zero-order valence-electron chi connectivity index (χ0n) is 10.0. The molecule has 0 saturated carbocycles. The number of hydrogen-bond acceptors (Lipinski definition) is 4. The first kappa shape index (κ1) is 11.8. The summed E-state index contributed by atoms with van der Waals surface area (Å²) in [5.41, 5.74) is 7.52. The van der Waals surface area contributed by atoms with Gasteiger partial charge in [-0.2, -0.15) is 5.10 Å². The number of aryl methyl sites for hydroxylation is 2. The third kappa shape index (κ3) is 3.13. The molecular formula is C10H21N5. The minimum atomic E-state index is 0.752. The summed E-state index contributed by atoms with van der Waals surface area (Å²) >= 11 is 0. The molecule has 0 aromatic carbocycles. The predicted molar refractivity (Wildman–Crippen MR) is 64.0 cm³/mol. The molecule has 0 fully saturated rings. The lowest BCUT2D eigenvalue weighted by atomic mass is 10.3. The third-order valence-electron chi connectivity index (χ3n) is 2.34. The van der Waals surface area contributed by atoms with Gasteiger partial charge in [-0.05, 0) is 34.0 Å². The van der Waals surface area contributed by atoms with Crippen LogP contribution in [0.1, 0.15) is 12.1 Å². The lowest BCUT2D eigenvalue weighted by Gasteiger charge is -2.11. The van der Waals surface area contributed by atoms with E-state index in [2.05, 4.69) is 29.4 Å². The molecule has 0 unspecified atom stereocenters. The second-order valence-electron chi connectivity index (χ2n) is 4.05. The van der Waals surface area contributed by atoms with Crippen molar-refractivity contribution in [3.63, 3.8) is 0 Å². The summed E-state index contributed by atoms with van der Waals surface area (Å²) < 4.78 is 1.79. The maximum absolute atomic E-state index is 5.89. The Morgan fingerprint density at radius 2 is 2.13 bits per heavy atom. The molecule has 0 atom stereocenters. The Kier molecular flexibility index (Phi) is 3.96. The van der Waals surface area contributed by atoms with Gasteiger partial charge in [0, 0.05) is 13.6 Å². The summed E-state index contributed by atoms with van der Waals surface area (Å²) in [5.74, 6) is 0.922. The van der Waals surface area contributed by atoms with Crippen LogP contribution in [0.4, 0.5) is 11.5 Å². The molecule has 3 N–H and O–H groups in total. The largest absolute Gasteiger partial charge is 0.394 e. The molecule has 0 spiro atoms. The maximum Gasteiger partial charge on any atom is 0.147 e. The van der Waals surface area contributed by atoms with E-state index in [0.717, 1.165) is 36.7 Å². The van der Waals surface area contributed by atoms with Crippen molar-refractivity contribution in [2.45, 2.75) is 13.3 Å². The molecule has 0 bridgehead atoms. The van der Waals surface area contributed by atoms with Crippen LogP contribution in [-0.4, -0.2) is 41.9 Å². The number of nitrogens with zero attached hydrogens (tertiary/aromatic N) is 3. The molecule has 5 nitrogen and oxygen atoms in total. The number of hydrogen-bond donors (Lipinski definition) is 2. The van der Waals surface area contributed by atoms with Gasteiger partial charge in [-0.1, -0.05) is 0 Å². The molecule has 0 saturated heterocycles. The lowest BCUT2D eigenvalue weighted by Crippen LogP contribution is -2.17. The zero-order valence-corrected chi connectivity index (χ0v) is 10.0. The number of aromatic nitrogens is 2. The van der Waals surface area contributed by atoms with E-state index in [4.69, 9.17) is 5.73 Å². The molecule has 5 heteroatoms. The first-order valence-corrected chi connectivity index (χ1v) is 5.20. The van der Waals surface area contributed by atoms with Crippen LogP contribution in [0.5, 0.6) is 0 Å². The van der Waals surface area contributed by atoms with Crippen molar-refractivity contribution in [2.24, 2.45) is 7.05 Å². The van der Waals surface area contributed by atoms with Crippen molar-refractivity contribution in [1.29, 1.82) is 0 Å². The van der Waals surface area contributed by atoms with Crippen LogP contribution in [0.25, 0.3) is 0 Å². The number of anilines is 2. The van der Waals surface area contributed by atoms with Gasteiger partial charge in [0.25, 0.3) is 0 Å². The van der Waals surface area contributed by atoms with Gasteiger partial charge >= 0.3 is 0 Å². The number of rotatable bonds is 5. The SMILES string of the molecule is Cc1nn(C)c(NCCCN(C)C)c1N. The van der Waals surface area contributed by atoms with Gasteiger partial charge < -0.3 is 16.0 Å². The highest BCUT2D eigenvalue weighted by Crippen LogP contribution is 2.20. The van der Waals surface area contributed by atoms with E-state index in [9.17, 15) is 0 Å². The van der Waals surface area contributed by atoms with E-state index in [-0.39, 0.29) is 0 Å². The molecule has 0 radical (unpaired) electrons. The monoisotopic (exact) mass is 211 g/mol. The molecule has 0 amide bonds. The van der Waals surface area contributed by atoms with E-state index < -0.39 is 0 Å². The molecule has 0 aliphatic heterocycles. The highest BCUT2D eigenvalue weighted by atomic mass is 15.3. The van der Waals surface area contributed by atoms with Crippen LogP contribution in [0, 0.1) is 6.92 Å². The van der Waals surface area contributed by atoms with Crippen molar-refractivity contribution in [2.75, 3.05) is 38.2 Å². The fraction of sp³-hybridized carbons (Fsp3) is 0.700. The minimum Gasteiger partial charge on any atom is -0.394 e. The first-order valence-electron chi connectivity index (χ1n) is 5.20. The van der Waals surface area contributed by atoms with Gasteiger partial charge in [-0.25, -0.2) is 0 Å². The van der Waals surface area contributed by atoms with Crippen molar-refractivity contribution in [3.8, 4) is 0 Å². The lowest BCUT2D eigenvalue weighted by molar-refractivity contribution is 0.405. The molecule has 0 aliphatic rings. The molecule has 1 heterocycles. The highest BCUT2D eigenvalue weighted by Gasteiger charge is 2.08. The summed E-state index contributed by atoms with van der Waals surface area (Å²) in [6.07, 6.45) is 1.09. The molecule has 0 aliphatic carbocycles. The van der Waals surface area contributed by atoms with E-state index in [1.807, 2.05) is 14.0 Å². The number of nitrogens with two attached hydrogens (primary N) is 1. The summed E-state index contributed by atoms with van der Waals surface area (Å²) in [5, 5.41) is 7.55. The quantitative estimate of drug-likeness (QED) is 0.703. The van der Waals surface area contributed by atoms with Crippen molar-refractivity contribution in [1.82, 2.24) is 14.7 Å². The van der Waals surface area contributed by atoms with Gasteiger partial charge in [0.1, 0.15) is 5.82 Å². The smallest absolute Gasteiger partial charge is 0.147 e. The van der Waals surface area contributed by atoms with Crippen LogP contribution in [0.2, 0.25) is 0 Å². The summed E-state index contributed by atoms with van der Waals surface area (Å²) in [4.78, 5) is 2.17. The Hall–Kier alpha value is -1.23. The highest BCUT2D eigenvalue weighted by molar-refractivity contribution is 5.64. The normalized spacial score (nSPS) is 11.0. The Labute approximate surface area is 91.2 Å². The first-order chi connectivity index (χ1) is 7.02. The van der Waals surface area contributed by atoms with E-state index in [1.165, 1.54) is 0 Å². The second-order valence-corrected chi connectivity index (χ2v) is 4.05. The Balaban J connectivity index is 2.44. The molecule has 1 aromatic rings. The van der Waals surface area contributed by atoms with Crippen LogP contribution in [0.3, 0.4) is 0 Å². The topological polar surface area (TPSA) is 59.1 Å². The van der Waals surface area contributed by atoms with E-state index in [1.54, 1.807) is 4.68 Å². The van der Waals surface area contributed by atoms with Crippen LogP contribution in [-0.2, 0) is 7.05 Å². The Morgan fingerprint density at radius 1 is 1.47 bits per heavy atom. The molecule has 1 aromatic heterocycles. The average Bonchev–Trinajstić information content (AvgIpc) is 2.37. The summed E-state index contributed by atoms with van der Waals surface area (Å²) in [6.45, 7) is 3.91. The van der Waals surface area contributed by atoms with Crippen molar-refractivity contribution >= 4 is 11.5 Å². The number of nitrogens with one attached hydrogen (secondary N) is 1. The summed E-state index contributed by atoms with van der Waals surface area (Å²) in [7, 11) is 6.04. The minimum absolute atomic E-state index is 0.752. The fourth-order valence-electron chi connectivity index (χ4n) is 1.49. The molecule has 86 valence electrons. The molecule has 15 heavy (non-hydrogen) atoms. The van der Waals surface area contributed by atoms with E-state index >= 15 is 0 Å². The number of nitrogen functional groups attached to an aromatic ring is 1. The van der Waals surface area contributed by atoms with Crippen molar-refractivity contribution in [3.05, 3.63) is 5.69 Å². The fourth-order valence-corrected chi connectivity index (χ4v) is 1.49. The van der Waals surface area contributed by atoms with Crippen LogP contribution >= 0.6 is 0 Å². The zero-order chi connectivity index (χ0) is 11.4. The van der Waals surface area contributed by atoms with Gasteiger partial charge in [0.15, 0.2) is 0 Å². The van der Waals surface area contributed by atoms with Gasteiger partial charge in [0.2, 0.25) is 0 Å². The maximum atomic E-state index is 5.89. The van der Waals surface area contributed by atoms with Crippen LogP contribution < -0.4 is 11.1 Å². The second kappa shape index (κ2) is 5.02. The van der Waals surface area contributed by atoms with Gasteiger partial charge in [0.05, 0.1) is 11.4 Å². The average molecular weight is 211 g/mol. The molecule has 1 rings (SSSR count). The van der Waals surface area contributed by atoms with Crippen LogP contribution in [0.15, 0.2) is 0 Å². The predicted octanol–water partition coefficient (Wildman–Crippen LogP) is 0.674. The van der Waals surface area contributed by atoms with Crippen molar-refractivity contribution < 1.29 is 0 Å². The Bertz CT molecular complexity index is 316. The Morgan fingerprint density at radius 3 is 2.60 bits per heavy atom.